The Kier molecular flexibility index (Phi) is 6.44. The number of hydrogen-bond acceptors (Lipinski definition) is 3. The van der Waals surface area contributed by atoms with Gasteiger partial charge < -0.3 is 15.2 Å². The summed E-state index contributed by atoms with van der Waals surface area (Å²) in [4.78, 5) is 11.9. The summed E-state index contributed by atoms with van der Waals surface area (Å²) >= 11 is 0. The van der Waals surface area contributed by atoms with Gasteiger partial charge in [-0.25, -0.2) is 0 Å². The van der Waals surface area contributed by atoms with Crippen LogP contribution in [-0.4, -0.2) is 30.3 Å². The number of amides is 1. The fourth-order valence-corrected chi connectivity index (χ4v) is 2.77. The first-order valence-corrected chi connectivity index (χ1v) is 8.70. The van der Waals surface area contributed by atoms with Gasteiger partial charge in [0.2, 0.25) is 5.91 Å². The molecule has 24 heavy (non-hydrogen) atoms. The van der Waals surface area contributed by atoms with E-state index in [0.717, 1.165) is 12.2 Å². The summed E-state index contributed by atoms with van der Waals surface area (Å²) in [6, 6.07) is 8.20. The van der Waals surface area contributed by atoms with E-state index >= 15 is 0 Å². The van der Waals surface area contributed by atoms with Crippen LogP contribution in [0, 0.1) is 5.92 Å². The highest BCUT2D eigenvalue weighted by molar-refractivity contribution is 5.76. The van der Waals surface area contributed by atoms with E-state index in [1.807, 2.05) is 24.3 Å². The molecule has 0 aliphatic heterocycles. The molecule has 0 bridgehead atoms. The fourth-order valence-electron chi connectivity index (χ4n) is 2.77. The van der Waals surface area contributed by atoms with Gasteiger partial charge in [-0.05, 0) is 36.0 Å². The quantitative estimate of drug-likeness (QED) is 0.596. The molecule has 0 heterocycles. The van der Waals surface area contributed by atoms with E-state index in [0.29, 0.717) is 19.4 Å². The van der Waals surface area contributed by atoms with Gasteiger partial charge in [-0.2, -0.15) is 0 Å². The molecule has 0 radical (unpaired) electrons. The Hall–Kier alpha value is -1.81. The van der Waals surface area contributed by atoms with Crippen molar-refractivity contribution in [2.75, 3.05) is 13.2 Å². The van der Waals surface area contributed by atoms with Gasteiger partial charge in [0.1, 0.15) is 5.75 Å². The van der Waals surface area contributed by atoms with Crippen molar-refractivity contribution < 1.29 is 14.6 Å². The summed E-state index contributed by atoms with van der Waals surface area (Å²) in [6.07, 6.45) is 5.86. The molecule has 1 aliphatic carbocycles. The number of carbonyl (C=O) groups excluding carboxylic acids is 1. The molecule has 2 N–H and O–H groups in total. The van der Waals surface area contributed by atoms with Crippen molar-refractivity contribution in [3.8, 4) is 5.75 Å². The third kappa shape index (κ3) is 5.68. The van der Waals surface area contributed by atoms with Crippen molar-refractivity contribution in [2.45, 2.75) is 51.5 Å². The molecule has 0 spiro atoms. The molecule has 4 heteroatoms. The Bertz CT molecular complexity index is 557. The maximum Gasteiger partial charge on any atom is 0.220 e. The van der Waals surface area contributed by atoms with E-state index in [-0.39, 0.29) is 29.9 Å². The van der Waals surface area contributed by atoms with Crippen LogP contribution in [0.2, 0.25) is 0 Å². The van der Waals surface area contributed by atoms with Gasteiger partial charge in [0.25, 0.3) is 0 Å². The lowest BCUT2D eigenvalue weighted by molar-refractivity contribution is -0.121. The molecule has 0 saturated carbocycles. The van der Waals surface area contributed by atoms with Gasteiger partial charge >= 0.3 is 0 Å². The van der Waals surface area contributed by atoms with Gasteiger partial charge in [-0.3, -0.25) is 4.79 Å². The Morgan fingerprint density at radius 1 is 1.25 bits per heavy atom. The van der Waals surface area contributed by atoms with E-state index in [4.69, 9.17) is 9.84 Å². The molecule has 1 aromatic rings. The molecule has 1 aliphatic rings. The third-order valence-corrected chi connectivity index (χ3v) is 4.29. The van der Waals surface area contributed by atoms with Gasteiger partial charge in [-0.1, -0.05) is 45.1 Å². The lowest BCUT2D eigenvalue weighted by Crippen LogP contribution is -2.32. The zero-order valence-corrected chi connectivity index (χ0v) is 14.9. The maximum absolute atomic E-state index is 11.9. The van der Waals surface area contributed by atoms with Crippen LogP contribution in [0.3, 0.4) is 0 Å². The zero-order valence-electron chi connectivity index (χ0n) is 14.9. The highest BCUT2D eigenvalue weighted by Crippen LogP contribution is 2.24. The van der Waals surface area contributed by atoms with Gasteiger partial charge in [0.05, 0.1) is 6.61 Å². The van der Waals surface area contributed by atoms with Gasteiger partial charge in [0, 0.05) is 25.0 Å². The van der Waals surface area contributed by atoms with E-state index in [2.05, 4.69) is 38.2 Å². The second kappa shape index (κ2) is 8.34. The minimum atomic E-state index is 0.0370. The van der Waals surface area contributed by atoms with Crippen LogP contribution in [0.15, 0.2) is 36.4 Å². The molecule has 4 nitrogen and oxygen atoms in total. The highest BCUT2D eigenvalue weighted by atomic mass is 16.5. The normalized spacial score (nSPS) is 20.2. The third-order valence-electron chi connectivity index (χ3n) is 4.29. The number of hydrogen-bond donors (Lipinski definition) is 2. The average Bonchev–Trinajstić information content (AvgIpc) is 2.99. The molecule has 0 saturated heterocycles. The fraction of sp³-hybridized carbons (Fsp3) is 0.550. The first-order valence-electron chi connectivity index (χ1n) is 8.70. The van der Waals surface area contributed by atoms with E-state index in [9.17, 15) is 4.79 Å². The summed E-state index contributed by atoms with van der Waals surface area (Å²) in [7, 11) is 0. The van der Waals surface area contributed by atoms with Crippen LogP contribution in [0.1, 0.15) is 45.6 Å². The Balaban J connectivity index is 1.64. The first kappa shape index (κ1) is 18.5. The summed E-state index contributed by atoms with van der Waals surface area (Å²) in [6.45, 7) is 7.23. The highest BCUT2D eigenvalue weighted by Gasteiger charge is 2.19. The molecule has 1 aromatic carbocycles. The van der Waals surface area contributed by atoms with Crippen molar-refractivity contribution in [3.63, 3.8) is 0 Å². The summed E-state index contributed by atoms with van der Waals surface area (Å²) in [5.74, 6) is 1.05. The molecule has 0 unspecified atom stereocenters. The number of carbonyl (C=O) groups is 1. The van der Waals surface area contributed by atoms with E-state index in [1.54, 1.807) is 0 Å². The number of aliphatic hydroxyl groups excluding tert-OH is 1. The SMILES string of the molecule is CC(C)(C)c1ccc(OCCCC(=O)N[C@@H]2C=C[C@H](CO)C2)cc1. The summed E-state index contributed by atoms with van der Waals surface area (Å²) in [5.41, 5.74) is 1.42. The summed E-state index contributed by atoms with van der Waals surface area (Å²) in [5, 5.41) is 12.1. The lowest BCUT2D eigenvalue weighted by Gasteiger charge is -2.19. The molecular weight excluding hydrogens is 302 g/mol. The lowest BCUT2D eigenvalue weighted by atomic mass is 9.87. The minimum absolute atomic E-state index is 0.0370. The molecule has 0 fully saturated rings. The smallest absolute Gasteiger partial charge is 0.220 e. The molecule has 2 rings (SSSR count). The maximum atomic E-state index is 11.9. The standard InChI is InChI=1S/C20H29NO3/c1-20(2,3)16-7-10-18(11-8-16)24-12-4-5-19(23)21-17-9-6-15(13-17)14-22/h6-11,15,17,22H,4-5,12-14H2,1-3H3,(H,21,23)/t15-,17+/m0/s1. The summed E-state index contributed by atoms with van der Waals surface area (Å²) < 4.78 is 5.70. The largest absolute Gasteiger partial charge is 0.494 e. The number of ether oxygens (including phenoxy) is 1. The molecule has 132 valence electrons. The van der Waals surface area contributed by atoms with Crippen LogP contribution in [-0.2, 0) is 10.2 Å². The number of nitrogens with one attached hydrogen (secondary N) is 1. The van der Waals surface area contributed by atoms with Crippen LogP contribution >= 0.6 is 0 Å². The monoisotopic (exact) mass is 331 g/mol. The Morgan fingerprint density at radius 2 is 1.96 bits per heavy atom. The Labute approximate surface area is 144 Å². The number of aliphatic hydroxyl groups is 1. The molecule has 1 amide bonds. The van der Waals surface area contributed by atoms with Crippen molar-refractivity contribution >= 4 is 5.91 Å². The van der Waals surface area contributed by atoms with Crippen molar-refractivity contribution in [2.24, 2.45) is 5.92 Å². The van der Waals surface area contributed by atoms with Crippen LogP contribution < -0.4 is 10.1 Å². The van der Waals surface area contributed by atoms with Crippen LogP contribution in [0.25, 0.3) is 0 Å². The van der Waals surface area contributed by atoms with Gasteiger partial charge in [0.15, 0.2) is 0 Å². The topological polar surface area (TPSA) is 58.6 Å². The predicted molar refractivity (Wildman–Crippen MR) is 96.1 cm³/mol. The van der Waals surface area contributed by atoms with Crippen molar-refractivity contribution in [3.05, 3.63) is 42.0 Å². The molecular formula is C20H29NO3. The second-order valence-corrected chi connectivity index (χ2v) is 7.46. The van der Waals surface area contributed by atoms with Crippen molar-refractivity contribution in [1.29, 1.82) is 0 Å². The predicted octanol–water partition coefficient (Wildman–Crippen LogP) is 3.20. The molecule has 0 aromatic heterocycles. The average molecular weight is 331 g/mol. The Morgan fingerprint density at radius 3 is 2.54 bits per heavy atom. The molecule has 2 atom stereocenters. The van der Waals surface area contributed by atoms with E-state index in [1.165, 1.54) is 5.56 Å². The van der Waals surface area contributed by atoms with Crippen LogP contribution in [0.5, 0.6) is 5.75 Å². The minimum Gasteiger partial charge on any atom is -0.494 e. The number of benzene rings is 1. The first-order chi connectivity index (χ1) is 11.4. The van der Waals surface area contributed by atoms with Gasteiger partial charge in [-0.15, -0.1) is 0 Å². The number of rotatable bonds is 7. The van der Waals surface area contributed by atoms with Crippen molar-refractivity contribution in [1.82, 2.24) is 5.32 Å². The van der Waals surface area contributed by atoms with Crippen LogP contribution in [0.4, 0.5) is 0 Å². The van der Waals surface area contributed by atoms with E-state index < -0.39 is 0 Å². The second-order valence-electron chi connectivity index (χ2n) is 7.46. The zero-order chi connectivity index (χ0) is 17.6.